The first-order chi connectivity index (χ1) is 15.4. The number of rotatable bonds is 5. The maximum absolute atomic E-state index is 12.8. The van der Waals surface area contributed by atoms with E-state index in [9.17, 15) is 14.7 Å². The Balaban J connectivity index is 1.58. The van der Waals surface area contributed by atoms with Crippen LogP contribution in [0.25, 0.3) is 11.3 Å². The van der Waals surface area contributed by atoms with Crippen LogP contribution < -0.4 is 11.4 Å². The highest BCUT2D eigenvalue weighted by Gasteiger charge is 2.21. The lowest BCUT2D eigenvalue weighted by atomic mass is 10.0. The average Bonchev–Trinajstić information content (AvgIpc) is 2.79. The molecule has 0 aliphatic heterocycles. The number of hydrogen-bond donors (Lipinski definition) is 2. The van der Waals surface area contributed by atoms with Crippen LogP contribution in [-0.2, 0) is 0 Å². The number of anilines is 1. The van der Waals surface area contributed by atoms with Crippen molar-refractivity contribution in [3.8, 4) is 17.1 Å². The second-order valence-electron chi connectivity index (χ2n) is 7.29. The molecule has 0 spiro atoms. The molecule has 0 fully saturated rings. The summed E-state index contributed by atoms with van der Waals surface area (Å²) in [6, 6.07) is 22.3. The number of nitrogens with two attached hydrogens (primary N) is 1. The van der Waals surface area contributed by atoms with E-state index in [1.165, 1.54) is 6.07 Å². The fourth-order valence-electron chi connectivity index (χ4n) is 3.16. The molecule has 3 N–H and O–H groups in total. The predicted molar refractivity (Wildman–Crippen MR) is 125 cm³/mol. The van der Waals surface area contributed by atoms with Gasteiger partial charge in [0.1, 0.15) is 17.1 Å². The molecular weight excluding hydrogens is 404 g/mol. The van der Waals surface area contributed by atoms with Crippen molar-refractivity contribution >= 4 is 23.4 Å². The Morgan fingerprint density at radius 3 is 2.34 bits per heavy atom. The molecule has 0 aliphatic carbocycles. The number of aryl methyl sites for hydroxylation is 1. The summed E-state index contributed by atoms with van der Waals surface area (Å²) in [4.78, 5) is 29.7. The van der Waals surface area contributed by atoms with Crippen LogP contribution in [0.3, 0.4) is 0 Å². The van der Waals surface area contributed by atoms with Gasteiger partial charge in [0.05, 0.1) is 11.4 Å². The molecule has 1 aromatic heterocycles. The molecule has 0 radical (unpaired) electrons. The highest BCUT2D eigenvalue weighted by Crippen LogP contribution is 2.26. The fraction of sp³-hybridized carbons (Fsp3) is 0.0385. The summed E-state index contributed by atoms with van der Waals surface area (Å²) in [5.74, 6) is -0.856. The molecule has 0 saturated carbocycles. The van der Waals surface area contributed by atoms with Gasteiger partial charge in [0.15, 0.2) is 0 Å². The quantitative estimate of drug-likeness (QED) is 0.270. The lowest BCUT2D eigenvalue weighted by Crippen LogP contribution is -2.15. The van der Waals surface area contributed by atoms with E-state index in [0.717, 1.165) is 11.1 Å². The van der Waals surface area contributed by atoms with E-state index in [-0.39, 0.29) is 11.3 Å². The zero-order valence-corrected chi connectivity index (χ0v) is 17.3. The number of benzene rings is 3. The van der Waals surface area contributed by atoms with Crippen LogP contribution in [0.4, 0.5) is 11.4 Å². The lowest BCUT2D eigenvalue weighted by Gasteiger charge is -2.06. The van der Waals surface area contributed by atoms with E-state index in [1.54, 1.807) is 54.7 Å². The second-order valence-corrected chi connectivity index (χ2v) is 7.29. The van der Waals surface area contributed by atoms with Gasteiger partial charge in [-0.05, 0) is 24.6 Å². The maximum atomic E-state index is 12.8. The first-order valence-electron chi connectivity index (χ1n) is 9.90. The van der Waals surface area contributed by atoms with Crippen molar-refractivity contribution in [3.05, 3.63) is 112 Å². The summed E-state index contributed by atoms with van der Waals surface area (Å²) in [7, 11) is 0. The van der Waals surface area contributed by atoms with Crippen molar-refractivity contribution < 1.29 is 14.3 Å². The van der Waals surface area contributed by atoms with Crippen molar-refractivity contribution in [2.24, 2.45) is 4.99 Å². The second kappa shape index (κ2) is 8.73. The molecule has 6 nitrogen and oxygen atoms in total. The van der Waals surface area contributed by atoms with Crippen molar-refractivity contribution in [2.75, 3.05) is 5.73 Å². The summed E-state index contributed by atoms with van der Waals surface area (Å²) in [5.41, 5.74) is 8.45. The SMILES string of the molecule is Cc1ccc(-c2cc(O)c(C(=O)c3ccc(C=Nc4ccccc4N)cc3)c(=O)o2)cc1. The van der Waals surface area contributed by atoms with Crippen molar-refractivity contribution in [2.45, 2.75) is 6.92 Å². The summed E-state index contributed by atoms with van der Waals surface area (Å²) in [6.07, 6.45) is 1.63. The number of carbonyl (C=O) groups excluding carboxylic acids is 1. The molecule has 0 amide bonds. The molecule has 3 aromatic carbocycles. The van der Waals surface area contributed by atoms with Crippen LogP contribution in [0.2, 0.25) is 0 Å². The zero-order chi connectivity index (χ0) is 22.7. The van der Waals surface area contributed by atoms with Gasteiger partial charge in [-0.1, -0.05) is 66.2 Å². The minimum absolute atomic E-state index is 0.191. The molecular formula is C26H20N2O4. The normalized spacial score (nSPS) is 11.0. The molecule has 4 rings (SSSR count). The number of nitrogen functional groups attached to an aromatic ring is 1. The molecule has 0 unspecified atom stereocenters. The Hall–Kier alpha value is -4.45. The van der Waals surface area contributed by atoms with Crippen LogP contribution in [0.5, 0.6) is 5.75 Å². The summed E-state index contributed by atoms with van der Waals surface area (Å²) >= 11 is 0. The third-order valence-corrected chi connectivity index (χ3v) is 4.96. The van der Waals surface area contributed by atoms with Gasteiger partial charge in [-0.3, -0.25) is 9.79 Å². The predicted octanol–water partition coefficient (Wildman–Crippen LogP) is 4.88. The van der Waals surface area contributed by atoms with Crippen molar-refractivity contribution in [1.82, 2.24) is 0 Å². The van der Waals surface area contributed by atoms with Gasteiger partial charge in [-0.2, -0.15) is 0 Å². The van der Waals surface area contributed by atoms with E-state index in [2.05, 4.69) is 4.99 Å². The van der Waals surface area contributed by atoms with Crippen molar-refractivity contribution in [3.63, 3.8) is 0 Å². The standard InChI is InChI=1S/C26H20N2O4/c1-16-6-10-18(11-7-16)23-14-22(29)24(26(31)32-23)25(30)19-12-8-17(9-13-19)15-28-21-5-3-2-4-20(21)27/h2-15,29H,27H2,1H3. The lowest BCUT2D eigenvalue weighted by molar-refractivity contribution is 0.103. The van der Waals surface area contributed by atoms with Gasteiger partial charge < -0.3 is 15.3 Å². The first-order valence-corrected chi connectivity index (χ1v) is 9.90. The first kappa shape index (κ1) is 20.8. The van der Waals surface area contributed by atoms with Gasteiger partial charge in [0.2, 0.25) is 5.78 Å². The minimum atomic E-state index is -0.893. The van der Waals surface area contributed by atoms with E-state index in [0.29, 0.717) is 16.9 Å². The largest absolute Gasteiger partial charge is 0.507 e. The highest BCUT2D eigenvalue weighted by atomic mass is 16.4. The van der Waals surface area contributed by atoms with E-state index in [4.69, 9.17) is 10.2 Å². The molecule has 158 valence electrons. The number of aromatic hydroxyl groups is 1. The Morgan fingerprint density at radius 2 is 1.69 bits per heavy atom. The van der Waals surface area contributed by atoms with E-state index >= 15 is 0 Å². The van der Waals surface area contributed by atoms with Crippen LogP contribution in [-0.4, -0.2) is 17.1 Å². The number of aliphatic imine (C=N–C) groups is 1. The van der Waals surface area contributed by atoms with Gasteiger partial charge in [0.25, 0.3) is 0 Å². The summed E-state index contributed by atoms with van der Waals surface area (Å²) in [5, 5.41) is 10.4. The number of nitrogens with zero attached hydrogens (tertiary/aromatic N) is 1. The van der Waals surface area contributed by atoms with E-state index in [1.807, 2.05) is 31.2 Å². The monoisotopic (exact) mass is 424 g/mol. The van der Waals surface area contributed by atoms with Crippen molar-refractivity contribution in [1.29, 1.82) is 0 Å². The Kier molecular flexibility index (Phi) is 5.68. The van der Waals surface area contributed by atoms with Crippen LogP contribution in [0, 0.1) is 6.92 Å². The smallest absolute Gasteiger partial charge is 0.351 e. The van der Waals surface area contributed by atoms with Gasteiger partial charge in [0, 0.05) is 23.4 Å². The Labute approximate surface area is 184 Å². The highest BCUT2D eigenvalue weighted by molar-refractivity contribution is 6.10. The summed E-state index contributed by atoms with van der Waals surface area (Å²) < 4.78 is 5.31. The zero-order valence-electron chi connectivity index (χ0n) is 17.3. The molecule has 6 heteroatoms. The van der Waals surface area contributed by atoms with Gasteiger partial charge >= 0.3 is 5.63 Å². The molecule has 0 saturated heterocycles. The molecule has 0 bridgehead atoms. The number of ketones is 1. The molecule has 0 atom stereocenters. The van der Waals surface area contributed by atoms with Crippen LogP contribution in [0.1, 0.15) is 27.0 Å². The van der Waals surface area contributed by atoms with Crippen LogP contribution in [0.15, 0.2) is 93.1 Å². The fourth-order valence-corrected chi connectivity index (χ4v) is 3.16. The number of hydrogen-bond acceptors (Lipinski definition) is 6. The third-order valence-electron chi connectivity index (χ3n) is 4.96. The minimum Gasteiger partial charge on any atom is -0.507 e. The van der Waals surface area contributed by atoms with Gasteiger partial charge in [-0.25, -0.2) is 4.79 Å². The third kappa shape index (κ3) is 4.34. The molecule has 4 aromatic rings. The summed E-state index contributed by atoms with van der Waals surface area (Å²) in [6.45, 7) is 1.94. The molecule has 1 heterocycles. The maximum Gasteiger partial charge on any atom is 0.351 e. The Morgan fingerprint density at radius 1 is 1.00 bits per heavy atom. The molecule has 32 heavy (non-hydrogen) atoms. The molecule has 0 aliphatic rings. The van der Waals surface area contributed by atoms with Gasteiger partial charge in [-0.15, -0.1) is 0 Å². The number of para-hydroxylation sites is 2. The van der Waals surface area contributed by atoms with Crippen LogP contribution >= 0.6 is 0 Å². The Bertz CT molecular complexity index is 1370. The van der Waals surface area contributed by atoms with E-state index < -0.39 is 22.7 Å². The number of carbonyl (C=O) groups is 1. The topological polar surface area (TPSA) is 106 Å². The average molecular weight is 424 g/mol.